The fraction of sp³-hybridized carbons (Fsp3) is 0.133. The van der Waals surface area contributed by atoms with Gasteiger partial charge < -0.3 is 16.4 Å². The summed E-state index contributed by atoms with van der Waals surface area (Å²) in [5, 5.41) is 4.80. The van der Waals surface area contributed by atoms with Gasteiger partial charge in [0.2, 0.25) is 0 Å². The molecule has 4 N–H and O–H groups in total. The van der Waals surface area contributed by atoms with E-state index in [-0.39, 0.29) is 11.3 Å². The van der Waals surface area contributed by atoms with Gasteiger partial charge in [-0.05, 0) is 36.2 Å². The summed E-state index contributed by atoms with van der Waals surface area (Å²) < 4.78 is 27.0. The fourth-order valence-electron chi connectivity index (χ4n) is 1.80. The highest BCUT2D eigenvalue weighted by molar-refractivity contribution is 5.99. The molecule has 0 aliphatic heterocycles. The number of urea groups is 1. The van der Waals surface area contributed by atoms with E-state index in [1.165, 1.54) is 6.92 Å². The summed E-state index contributed by atoms with van der Waals surface area (Å²) in [4.78, 5) is 11.8. The van der Waals surface area contributed by atoms with Gasteiger partial charge in [0.25, 0.3) is 0 Å². The smallest absolute Gasteiger partial charge is 0.323 e. The summed E-state index contributed by atoms with van der Waals surface area (Å²) in [7, 11) is 0. The van der Waals surface area contributed by atoms with Gasteiger partial charge in [-0.15, -0.1) is 0 Å². The monoisotopic (exact) mass is 291 g/mol. The SMILES string of the molecule is Cc1cc(F)c(NC(=O)Nc2cccc(CN)c2)cc1F. The first-order chi connectivity index (χ1) is 9.99. The number of hydrogen-bond donors (Lipinski definition) is 3. The van der Waals surface area contributed by atoms with Crippen molar-refractivity contribution in [3.8, 4) is 0 Å². The molecule has 2 aromatic carbocycles. The zero-order valence-corrected chi connectivity index (χ0v) is 11.4. The Hall–Kier alpha value is -2.47. The van der Waals surface area contributed by atoms with E-state index in [1.807, 2.05) is 6.07 Å². The minimum Gasteiger partial charge on any atom is -0.326 e. The van der Waals surface area contributed by atoms with Crippen LogP contribution in [0.4, 0.5) is 25.0 Å². The number of rotatable bonds is 3. The number of benzene rings is 2. The lowest BCUT2D eigenvalue weighted by Gasteiger charge is -2.10. The van der Waals surface area contributed by atoms with Crippen LogP contribution in [-0.2, 0) is 6.54 Å². The van der Waals surface area contributed by atoms with Gasteiger partial charge in [0.1, 0.15) is 11.6 Å². The number of halogens is 2. The minimum atomic E-state index is -0.695. The van der Waals surface area contributed by atoms with E-state index in [0.717, 1.165) is 17.7 Å². The zero-order chi connectivity index (χ0) is 15.4. The van der Waals surface area contributed by atoms with Crippen molar-refractivity contribution in [2.75, 3.05) is 10.6 Å². The molecule has 0 spiro atoms. The fourth-order valence-corrected chi connectivity index (χ4v) is 1.80. The molecule has 0 radical (unpaired) electrons. The third-order valence-electron chi connectivity index (χ3n) is 2.92. The summed E-state index contributed by atoms with van der Waals surface area (Å²) in [5.74, 6) is -1.28. The van der Waals surface area contributed by atoms with E-state index in [9.17, 15) is 13.6 Å². The molecule has 0 heterocycles. The van der Waals surface area contributed by atoms with Crippen molar-refractivity contribution in [3.05, 3.63) is 59.2 Å². The highest BCUT2D eigenvalue weighted by Crippen LogP contribution is 2.19. The maximum absolute atomic E-state index is 13.6. The van der Waals surface area contributed by atoms with Crippen molar-refractivity contribution in [3.63, 3.8) is 0 Å². The third kappa shape index (κ3) is 3.76. The zero-order valence-electron chi connectivity index (χ0n) is 11.4. The first-order valence-corrected chi connectivity index (χ1v) is 6.32. The van der Waals surface area contributed by atoms with E-state index in [4.69, 9.17) is 5.73 Å². The van der Waals surface area contributed by atoms with E-state index in [2.05, 4.69) is 10.6 Å². The van der Waals surface area contributed by atoms with Crippen LogP contribution >= 0.6 is 0 Å². The third-order valence-corrected chi connectivity index (χ3v) is 2.92. The molecule has 0 saturated heterocycles. The van der Waals surface area contributed by atoms with E-state index in [0.29, 0.717) is 12.2 Å². The average Bonchev–Trinajstić information content (AvgIpc) is 2.45. The quantitative estimate of drug-likeness (QED) is 0.811. The van der Waals surface area contributed by atoms with Crippen molar-refractivity contribution in [1.82, 2.24) is 0 Å². The topological polar surface area (TPSA) is 67.2 Å². The van der Waals surface area contributed by atoms with Gasteiger partial charge in [0.05, 0.1) is 5.69 Å². The number of anilines is 2. The van der Waals surface area contributed by atoms with Crippen LogP contribution in [-0.4, -0.2) is 6.03 Å². The predicted molar refractivity (Wildman–Crippen MR) is 78.1 cm³/mol. The van der Waals surface area contributed by atoms with Gasteiger partial charge in [-0.1, -0.05) is 12.1 Å². The maximum atomic E-state index is 13.6. The van der Waals surface area contributed by atoms with Gasteiger partial charge in [-0.25, -0.2) is 13.6 Å². The van der Waals surface area contributed by atoms with Gasteiger partial charge in [0, 0.05) is 18.3 Å². The second-order valence-electron chi connectivity index (χ2n) is 4.56. The Balaban J connectivity index is 2.09. The standard InChI is InChI=1S/C15H15F2N3O/c1-9-5-13(17)14(7-12(9)16)20-15(21)19-11-4-2-3-10(6-11)8-18/h2-7H,8,18H2,1H3,(H2,19,20,21). The lowest BCUT2D eigenvalue weighted by atomic mass is 10.2. The summed E-state index contributed by atoms with van der Waals surface area (Å²) in [6.45, 7) is 1.79. The van der Waals surface area contributed by atoms with Crippen molar-refractivity contribution < 1.29 is 13.6 Å². The largest absolute Gasteiger partial charge is 0.326 e. The maximum Gasteiger partial charge on any atom is 0.323 e. The molecule has 4 nitrogen and oxygen atoms in total. The first kappa shape index (κ1) is 14.9. The van der Waals surface area contributed by atoms with E-state index in [1.54, 1.807) is 18.2 Å². The lowest BCUT2D eigenvalue weighted by molar-refractivity contribution is 0.262. The molecular formula is C15H15F2N3O. The second-order valence-corrected chi connectivity index (χ2v) is 4.56. The Kier molecular flexibility index (Phi) is 4.49. The van der Waals surface area contributed by atoms with Crippen LogP contribution in [0.5, 0.6) is 0 Å². The highest BCUT2D eigenvalue weighted by Gasteiger charge is 2.10. The summed E-state index contributed by atoms with van der Waals surface area (Å²) in [6, 6.07) is 8.24. The molecule has 0 unspecified atom stereocenters. The number of carbonyl (C=O) groups is 1. The van der Waals surface area contributed by atoms with E-state index >= 15 is 0 Å². The van der Waals surface area contributed by atoms with Gasteiger partial charge in [0.15, 0.2) is 0 Å². The molecule has 2 aromatic rings. The molecule has 0 fully saturated rings. The number of amides is 2. The Bertz CT molecular complexity index is 674. The van der Waals surface area contributed by atoms with Crippen LogP contribution in [0.3, 0.4) is 0 Å². The van der Waals surface area contributed by atoms with Crippen LogP contribution in [0.25, 0.3) is 0 Å². The molecular weight excluding hydrogens is 276 g/mol. The molecule has 0 bridgehead atoms. The lowest BCUT2D eigenvalue weighted by Crippen LogP contribution is -2.20. The van der Waals surface area contributed by atoms with E-state index < -0.39 is 17.7 Å². The Morgan fingerprint density at radius 3 is 2.62 bits per heavy atom. The minimum absolute atomic E-state index is 0.175. The Morgan fingerprint density at radius 1 is 1.14 bits per heavy atom. The molecule has 21 heavy (non-hydrogen) atoms. The van der Waals surface area contributed by atoms with Crippen LogP contribution in [0.15, 0.2) is 36.4 Å². The molecule has 0 aliphatic carbocycles. The van der Waals surface area contributed by atoms with Crippen molar-refractivity contribution in [1.29, 1.82) is 0 Å². The van der Waals surface area contributed by atoms with Crippen LogP contribution in [0.1, 0.15) is 11.1 Å². The number of nitrogens with one attached hydrogen (secondary N) is 2. The summed E-state index contributed by atoms with van der Waals surface area (Å²) in [6.07, 6.45) is 0. The molecule has 6 heteroatoms. The van der Waals surface area contributed by atoms with Crippen LogP contribution < -0.4 is 16.4 Å². The molecule has 0 saturated carbocycles. The molecule has 2 rings (SSSR count). The number of nitrogens with two attached hydrogens (primary N) is 1. The van der Waals surface area contributed by atoms with Crippen LogP contribution in [0, 0.1) is 18.6 Å². The molecule has 0 aliphatic rings. The van der Waals surface area contributed by atoms with Gasteiger partial charge in [-0.3, -0.25) is 0 Å². The van der Waals surface area contributed by atoms with Crippen molar-refractivity contribution in [2.24, 2.45) is 5.73 Å². The molecule has 2 amide bonds. The normalized spacial score (nSPS) is 10.3. The number of hydrogen-bond acceptors (Lipinski definition) is 2. The first-order valence-electron chi connectivity index (χ1n) is 6.32. The second kappa shape index (κ2) is 6.32. The predicted octanol–water partition coefficient (Wildman–Crippen LogP) is 3.38. The number of carbonyl (C=O) groups excluding carboxylic acids is 1. The highest BCUT2D eigenvalue weighted by atomic mass is 19.1. The summed E-state index contributed by atoms with van der Waals surface area (Å²) >= 11 is 0. The Morgan fingerprint density at radius 2 is 1.90 bits per heavy atom. The molecule has 0 aromatic heterocycles. The molecule has 110 valence electrons. The van der Waals surface area contributed by atoms with Gasteiger partial charge >= 0.3 is 6.03 Å². The van der Waals surface area contributed by atoms with Crippen LogP contribution in [0.2, 0.25) is 0 Å². The summed E-state index contributed by atoms with van der Waals surface area (Å²) in [5.41, 5.74) is 6.83. The molecule has 0 atom stereocenters. The Labute approximate surface area is 121 Å². The van der Waals surface area contributed by atoms with Crippen molar-refractivity contribution in [2.45, 2.75) is 13.5 Å². The number of aryl methyl sites for hydroxylation is 1. The van der Waals surface area contributed by atoms with Gasteiger partial charge in [-0.2, -0.15) is 0 Å². The average molecular weight is 291 g/mol. The van der Waals surface area contributed by atoms with Crippen molar-refractivity contribution >= 4 is 17.4 Å².